The number of ether oxygens (including phenoxy) is 2. The van der Waals surface area contributed by atoms with Crippen molar-refractivity contribution in [2.75, 3.05) is 11.5 Å². The highest BCUT2D eigenvalue weighted by Gasteiger charge is 2.37. The van der Waals surface area contributed by atoms with E-state index in [1.54, 1.807) is 61.5 Å². The number of anilines is 1. The Morgan fingerprint density at radius 2 is 1.75 bits per heavy atom. The molecule has 0 atom stereocenters. The maximum Gasteiger partial charge on any atom is 0.335 e. The van der Waals surface area contributed by atoms with Crippen molar-refractivity contribution < 1.29 is 28.2 Å². The zero-order valence-corrected chi connectivity index (χ0v) is 21.7. The number of halogens is 2. The number of aryl methyl sites for hydroxylation is 1. The second-order valence-corrected chi connectivity index (χ2v) is 9.05. The maximum atomic E-state index is 14.0. The molecule has 36 heavy (non-hydrogen) atoms. The van der Waals surface area contributed by atoms with E-state index in [9.17, 15) is 18.8 Å². The van der Waals surface area contributed by atoms with Gasteiger partial charge in [0.2, 0.25) is 0 Å². The molecule has 4 rings (SSSR count). The number of urea groups is 1. The van der Waals surface area contributed by atoms with Crippen LogP contribution in [0.3, 0.4) is 0 Å². The third-order valence-corrected chi connectivity index (χ3v) is 6.23. The quantitative estimate of drug-likeness (QED) is 0.224. The monoisotopic (exact) mass is 600 g/mol. The van der Waals surface area contributed by atoms with Crippen LogP contribution in [0.2, 0.25) is 0 Å². The second-order valence-electron chi connectivity index (χ2n) is 7.89. The van der Waals surface area contributed by atoms with Gasteiger partial charge in [0.15, 0.2) is 11.5 Å². The van der Waals surface area contributed by atoms with Crippen LogP contribution in [0, 0.1) is 16.3 Å². The summed E-state index contributed by atoms with van der Waals surface area (Å²) < 4.78 is 26.3. The zero-order valence-electron chi connectivity index (χ0n) is 19.5. The number of nitrogens with zero attached hydrogens (tertiary/aromatic N) is 1. The van der Waals surface area contributed by atoms with E-state index in [1.165, 1.54) is 12.1 Å². The van der Waals surface area contributed by atoms with Crippen LogP contribution in [0.15, 0.2) is 66.2 Å². The third-order valence-electron chi connectivity index (χ3n) is 5.43. The minimum Gasteiger partial charge on any atom is -0.490 e. The highest BCUT2D eigenvalue weighted by molar-refractivity contribution is 14.1. The Labute approximate surface area is 221 Å². The van der Waals surface area contributed by atoms with Crippen LogP contribution in [0.1, 0.15) is 23.6 Å². The van der Waals surface area contributed by atoms with Gasteiger partial charge in [0.1, 0.15) is 18.0 Å². The van der Waals surface area contributed by atoms with E-state index in [0.717, 1.165) is 4.90 Å². The van der Waals surface area contributed by atoms with Crippen LogP contribution in [-0.4, -0.2) is 24.5 Å². The molecule has 4 amide bonds. The molecular weight excluding hydrogens is 578 g/mol. The minimum absolute atomic E-state index is 0.00241. The first kappa shape index (κ1) is 25.4. The fraction of sp³-hybridized carbons (Fsp3) is 0.148. The van der Waals surface area contributed by atoms with E-state index >= 15 is 0 Å². The van der Waals surface area contributed by atoms with Crippen molar-refractivity contribution in [2.24, 2.45) is 0 Å². The number of hydrogen-bond acceptors (Lipinski definition) is 5. The predicted molar refractivity (Wildman–Crippen MR) is 141 cm³/mol. The normalized spacial score (nSPS) is 14.7. The smallest absolute Gasteiger partial charge is 0.335 e. The first-order valence-corrected chi connectivity index (χ1v) is 12.2. The summed E-state index contributed by atoms with van der Waals surface area (Å²) in [5, 5.41) is 2.23. The van der Waals surface area contributed by atoms with Crippen LogP contribution < -0.4 is 19.7 Å². The van der Waals surface area contributed by atoms with Crippen molar-refractivity contribution in [3.05, 3.63) is 92.3 Å². The van der Waals surface area contributed by atoms with Gasteiger partial charge in [-0.2, -0.15) is 0 Å². The molecule has 0 aromatic heterocycles. The molecule has 3 aromatic carbocycles. The standard InChI is InChI=1S/C27H22FIN2O5/c1-3-35-23-14-17(13-21(29)24(23)36-15-18-9-5-6-10-20(18)28)12-19-25(32)30-27(34)31(26(19)33)22-11-7-4-8-16(22)2/h4-14H,3,15H2,1-2H3,(H,30,32,34)/b19-12+. The molecule has 1 fully saturated rings. The summed E-state index contributed by atoms with van der Waals surface area (Å²) in [6.45, 7) is 3.91. The molecule has 184 valence electrons. The zero-order chi connectivity index (χ0) is 25.8. The summed E-state index contributed by atoms with van der Waals surface area (Å²) in [5.74, 6) is -1.10. The molecule has 0 spiro atoms. The topological polar surface area (TPSA) is 84.9 Å². The van der Waals surface area contributed by atoms with Gasteiger partial charge in [0, 0.05) is 5.56 Å². The van der Waals surface area contributed by atoms with Crippen molar-refractivity contribution in [1.82, 2.24) is 5.32 Å². The lowest BCUT2D eigenvalue weighted by atomic mass is 10.1. The summed E-state index contributed by atoms with van der Waals surface area (Å²) in [4.78, 5) is 39.3. The van der Waals surface area contributed by atoms with Gasteiger partial charge in [-0.3, -0.25) is 14.9 Å². The number of carbonyl (C=O) groups is 3. The van der Waals surface area contributed by atoms with Crippen molar-refractivity contribution in [3.63, 3.8) is 0 Å². The van der Waals surface area contributed by atoms with Crippen molar-refractivity contribution >= 4 is 52.2 Å². The SMILES string of the molecule is CCOc1cc(/C=C2\C(=O)NC(=O)N(c3ccccc3C)C2=O)cc(I)c1OCc1ccccc1F. The first-order chi connectivity index (χ1) is 17.3. The minimum atomic E-state index is -0.807. The second kappa shape index (κ2) is 10.9. The van der Waals surface area contributed by atoms with Gasteiger partial charge in [0.05, 0.1) is 15.9 Å². The Morgan fingerprint density at radius 1 is 1.03 bits per heavy atom. The number of para-hydroxylation sites is 1. The van der Waals surface area contributed by atoms with Crippen LogP contribution >= 0.6 is 22.6 Å². The molecule has 0 bridgehead atoms. The molecule has 1 aliphatic heterocycles. The Kier molecular flexibility index (Phi) is 7.68. The number of rotatable bonds is 7. The fourth-order valence-electron chi connectivity index (χ4n) is 3.70. The summed E-state index contributed by atoms with van der Waals surface area (Å²) in [7, 11) is 0. The number of nitrogens with one attached hydrogen (secondary N) is 1. The van der Waals surface area contributed by atoms with Crippen LogP contribution in [0.4, 0.5) is 14.9 Å². The van der Waals surface area contributed by atoms with Gasteiger partial charge in [-0.1, -0.05) is 36.4 Å². The van der Waals surface area contributed by atoms with E-state index in [-0.39, 0.29) is 18.0 Å². The third kappa shape index (κ3) is 5.25. The molecule has 0 saturated carbocycles. The van der Waals surface area contributed by atoms with Gasteiger partial charge in [0.25, 0.3) is 11.8 Å². The molecule has 1 saturated heterocycles. The Morgan fingerprint density at radius 3 is 2.47 bits per heavy atom. The molecule has 7 nitrogen and oxygen atoms in total. The van der Waals surface area contributed by atoms with E-state index in [4.69, 9.17) is 9.47 Å². The molecule has 1 N–H and O–H groups in total. The van der Waals surface area contributed by atoms with E-state index < -0.39 is 17.8 Å². The van der Waals surface area contributed by atoms with Crippen molar-refractivity contribution in [1.29, 1.82) is 0 Å². The number of imide groups is 2. The van der Waals surface area contributed by atoms with Crippen LogP contribution in [0.25, 0.3) is 6.08 Å². The predicted octanol–water partition coefficient (Wildman–Crippen LogP) is 5.38. The summed E-state index contributed by atoms with van der Waals surface area (Å²) in [6.07, 6.45) is 1.40. The first-order valence-electron chi connectivity index (χ1n) is 11.1. The Bertz CT molecular complexity index is 1390. The number of carbonyl (C=O) groups excluding carboxylic acids is 3. The molecule has 0 radical (unpaired) electrons. The lowest BCUT2D eigenvalue weighted by Crippen LogP contribution is -2.54. The number of hydrogen-bond donors (Lipinski definition) is 1. The number of barbiturate groups is 1. The number of amides is 4. The molecule has 3 aromatic rings. The lowest BCUT2D eigenvalue weighted by Gasteiger charge is -2.27. The molecule has 1 aliphatic rings. The Hall–Kier alpha value is -3.73. The van der Waals surface area contributed by atoms with Gasteiger partial charge in [-0.15, -0.1) is 0 Å². The fourth-order valence-corrected chi connectivity index (χ4v) is 4.48. The van der Waals surface area contributed by atoms with Gasteiger partial charge in [-0.05, 0) is 77.9 Å². The lowest BCUT2D eigenvalue weighted by molar-refractivity contribution is -0.122. The van der Waals surface area contributed by atoms with Crippen LogP contribution in [0.5, 0.6) is 11.5 Å². The van der Waals surface area contributed by atoms with Crippen molar-refractivity contribution in [2.45, 2.75) is 20.5 Å². The average molecular weight is 600 g/mol. The number of benzene rings is 3. The summed E-state index contributed by atoms with van der Waals surface area (Å²) in [6, 6.07) is 15.8. The highest BCUT2D eigenvalue weighted by atomic mass is 127. The van der Waals surface area contributed by atoms with Gasteiger partial charge >= 0.3 is 6.03 Å². The van der Waals surface area contributed by atoms with Gasteiger partial charge < -0.3 is 9.47 Å². The summed E-state index contributed by atoms with van der Waals surface area (Å²) in [5.41, 5.74) is 1.79. The van der Waals surface area contributed by atoms with Crippen molar-refractivity contribution in [3.8, 4) is 11.5 Å². The van der Waals surface area contributed by atoms with E-state index in [0.29, 0.717) is 44.1 Å². The highest BCUT2D eigenvalue weighted by Crippen LogP contribution is 2.36. The van der Waals surface area contributed by atoms with E-state index in [2.05, 4.69) is 27.9 Å². The average Bonchev–Trinajstić information content (AvgIpc) is 2.83. The molecule has 1 heterocycles. The molecule has 0 unspecified atom stereocenters. The van der Waals surface area contributed by atoms with Crippen LogP contribution in [-0.2, 0) is 16.2 Å². The molecule has 0 aliphatic carbocycles. The summed E-state index contributed by atoms with van der Waals surface area (Å²) >= 11 is 2.05. The maximum absolute atomic E-state index is 14.0. The van der Waals surface area contributed by atoms with Gasteiger partial charge in [-0.25, -0.2) is 14.1 Å². The molecular formula is C27H22FIN2O5. The largest absolute Gasteiger partial charge is 0.490 e. The Balaban J connectivity index is 1.68. The molecule has 9 heteroatoms. The van der Waals surface area contributed by atoms with E-state index in [1.807, 2.05) is 6.92 Å².